The number of ketones is 1. The summed E-state index contributed by atoms with van der Waals surface area (Å²) >= 11 is 0. The van der Waals surface area contributed by atoms with Crippen LogP contribution in [0.1, 0.15) is 78.6 Å². The third-order valence-corrected chi connectivity index (χ3v) is 7.75. The summed E-state index contributed by atoms with van der Waals surface area (Å²) in [5.41, 5.74) is 6.06. The maximum atomic E-state index is 11.9. The Labute approximate surface area is 135 Å². The van der Waals surface area contributed by atoms with E-state index < -0.39 is 0 Å². The van der Waals surface area contributed by atoms with Crippen LogP contribution in [0.4, 0.5) is 0 Å². The van der Waals surface area contributed by atoms with Crippen LogP contribution in [0.15, 0.2) is 22.8 Å². The molecule has 0 N–H and O–H groups in total. The van der Waals surface area contributed by atoms with Crippen molar-refractivity contribution in [2.75, 3.05) is 0 Å². The monoisotopic (exact) mass is 298 g/mol. The van der Waals surface area contributed by atoms with E-state index in [9.17, 15) is 4.79 Å². The summed E-state index contributed by atoms with van der Waals surface area (Å²) in [6.45, 7) is 7.34. The Bertz CT molecular complexity index is 581. The third-order valence-electron chi connectivity index (χ3n) is 7.75. The minimum Gasteiger partial charge on any atom is -0.300 e. The highest BCUT2D eigenvalue weighted by Crippen LogP contribution is 2.62. The van der Waals surface area contributed by atoms with Gasteiger partial charge in [-0.05, 0) is 74.5 Å². The molecule has 0 bridgehead atoms. The van der Waals surface area contributed by atoms with Gasteiger partial charge >= 0.3 is 0 Å². The first kappa shape index (κ1) is 14.7. The Morgan fingerprint density at radius 1 is 1.14 bits per heavy atom. The van der Waals surface area contributed by atoms with Crippen LogP contribution in [-0.4, -0.2) is 5.78 Å². The van der Waals surface area contributed by atoms with Gasteiger partial charge in [0.05, 0.1) is 0 Å². The van der Waals surface area contributed by atoms with Crippen LogP contribution in [-0.2, 0) is 4.79 Å². The number of allylic oxidation sites excluding steroid dienone is 4. The first-order valence-corrected chi connectivity index (χ1v) is 9.32. The van der Waals surface area contributed by atoms with E-state index in [2.05, 4.69) is 26.8 Å². The molecule has 0 saturated heterocycles. The van der Waals surface area contributed by atoms with Crippen molar-refractivity contribution in [3.05, 3.63) is 22.8 Å². The fourth-order valence-corrected chi connectivity index (χ4v) is 6.42. The number of Topliss-reactive ketones (excluding diaryl/α,β-unsaturated/α-hetero) is 1. The second-order valence-corrected chi connectivity index (χ2v) is 9.07. The molecule has 0 heterocycles. The Hall–Kier alpha value is -0.850. The number of carbonyl (C=O) groups excluding carboxylic acids is 1. The molecule has 4 atom stereocenters. The molecule has 22 heavy (non-hydrogen) atoms. The van der Waals surface area contributed by atoms with Gasteiger partial charge in [-0.3, -0.25) is 4.79 Å². The zero-order valence-corrected chi connectivity index (χ0v) is 14.5. The fourth-order valence-electron chi connectivity index (χ4n) is 6.42. The second kappa shape index (κ2) is 4.82. The Kier molecular flexibility index (Phi) is 3.23. The van der Waals surface area contributed by atoms with E-state index in [1.807, 2.05) is 5.57 Å². The van der Waals surface area contributed by atoms with Crippen molar-refractivity contribution in [1.29, 1.82) is 0 Å². The van der Waals surface area contributed by atoms with Crippen molar-refractivity contribution < 1.29 is 4.79 Å². The molecule has 4 aliphatic rings. The van der Waals surface area contributed by atoms with Gasteiger partial charge in [0, 0.05) is 12.8 Å². The Morgan fingerprint density at radius 2 is 1.95 bits per heavy atom. The average molecular weight is 298 g/mol. The van der Waals surface area contributed by atoms with Crippen molar-refractivity contribution in [1.82, 2.24) is 0 Å². The van der Waals surface area contributed by atoms with Crippen molar-refractivity contribution >= 4 is 5.78 Å². The van der Waals surface area contributed by atoms with Gasteiger partial charge in [-0.1, -0.05) is 36.6 Å². The van der Waals surface area contributed by atoms with Crippen LogP contribution in [0.3, 0.4) is 0 Å². The summed E-state index contributed by atoms with van der Waals surface area (Å²) in [6.07, 6.45) is 13.1. The summed E-state index contributed by atoms with van der Waals surface area (Å²) in [7, 11) is 0. The molecule has 0 aromatic heterocycles. The summed E-state index contributed by atoms with van der Waals surface area (Å²) in [5, 5.41) is 0. The maximum absolute atomic E-state index is 11.9. The fraction of sp³-hybridized carbons (Fsp3) is 0.762. The van der Waals surface area contributed by atoms with Crippen molar-refractivity contribution in [2.45, 2.75) is 78.6 Å². The molecule has 1 nitrogen and oxygen atoms in total. The second-order valence-electron chi connectivity index (χ2n) is 9.07. The number of hydrogen-bond donors (Lipinski definition) is 0. The normalized spacial score (nSPS) is 44.9. The molecule has 0 amide bonds. The van der Waals surface area contributed by atoms with Crippen molar-refractivity contribution in [2.24, 2.45) is 22.7 Å². The average Bonchev–Trinajstić information content (AvgIpc) is 2.46. The van der Waals surface area contributed by atoms with Crippen molar-refractivity contribution in [3.8, 4) is 0 Å². The minimum absolute atomic E-state index is 0.409. The zero-order chi connectivity index (χ0) is 15.5. The highest BCUT2D eigenvalue weighted by atomic mass is 16.1. The summed E-state index contributed by atoms with van der Waals surface area (Å²) in [5.74, 6) is 1.96. The maximum Gasteiger partial charge on any atom is 0.133 e. The van der Waals surface area contributed by atoms with E-state index in [1.54, 1.807) is 11.1 Å². The summed E-state index contributed by atoms with van der Waals surface area (Å²) in [4.78, 5) is 11.9. The van der Waals surface area contributed by atoms with Crippen LogP contribution in [0, 0.1) is 22.7 Å². The predicted molar refractivity (Wildman–Crippen MR) is 90.5 cm³/mol. The molecule has 120 valence electrons. The molecular formula is C21H30O. The molecule has 4 rings (SSSR count). The number of carbonyl (C=O) groups is 1. The largest absolute Gasteiger partial charge is 0.300 e. The van der Waals surface area contributed by atoms with E-state index in [0.29, 0.717) is 22.5 Å². The van der Waals surface area contributed by atoms with Gasteiger partial charge in [0.2, 0.25) is 0 Å². The van der Waals surface area contributed by atoms with E-state index in [-0.39, 0.29) is 0 Å². The summed E-state index contributed by atoms with van der Waals surface area (Å²) < 4.78 is 0. The Morgan fingerprint density at radius 3 is 2.77 bits per heavy atom. The van der Waals surface area contributed by atoms with Gasteiger partial charge in [-0.15, -0.1) is 0 Å². The molecule has 0 aromatic carbocycles. The van der Waals surface area contributed by atoms with E-state index >= 15 is 0 Å². The lowest BCUT2D eigenvalue weighted by atomic mass is 9.48. The quantitative estimate of drug-likeness (QED) is 0.531. The topological polar surface area (TPSA) is 17.1 Å². The van der Waals surface area contributed by atoms with Gasteiger partial charge in [0.25, 0.3) is 0 Å². The number of fused-ring (bicyclic) bond motifs is 4. The highest BCUT2D eigenvalue weighted by Gasteiger charge is 2.52. The lowest BCUT2D eigenvalue weighted by molar-refractivity contribution is -0.127. The Balaban J connectivity index is 1.74. The molecule has 0 aromatic rings. The molecule has 0 aliphatic heterocycles. The highest BCUT2D eigenvalue weighted by molar-refractivity contribution is 5.79. The van der Waals surface area contributed by atoms with E-state index in [0.717, 1.165) is 25.2 Å². The molecule has 4 aliphatic carbocycles. The SMILES string of the molecule is CC1=CCC2=C3CC[C@H]4CC(=O)CC[C@]4(C)[C@H]3CC[C@]2(C)C1. The lowest BCUT2D eigenvalue weighted by Gasteiger charge is -2.56. The van der Waals surface area contributed by atoms with Crippen LogP contribution < -0.4 is 0 Å². The molecule has 2 fully saturated rings. The van der Waals surface area contributed by atoms with Crippen molar-refractivity contribution in [3.63, 3.8) is 0 Å². The molecule has 0 spiro atoms. The van der Waals surface area contributed by atoms with E-state index in [4.69, 9.17) is 0 Å². The van der Waals surface area contributed by atoms with Gasteiger partial charge in [0.15, 0.2) is 0 Å². The third kappa shape index (κ3) is 2.00. The minimum atomic E-state index is 0.409. The van der Waals surface area contributed by atoms with Crippen LogP contribution in [0.2, 0.25) is 0 Å². The molecule has 2 saturated carbocycles. The standard InChI is InChI=1S/C21H30O/c1-14-4-7-18-17-6-5-15-12-16(22)8-11-21(15,3)19(17)9-10-20(18,2)13-14/h4,15,19H,5-13H2,1-3H3/t15-,19-,20+,21-/m0/s1. The zero-order valence-electron chi connectivity index (χ0n) is 14.5. The van der Waals surface area contributed by atoms with Gasteiger partial charge < -0.3 is 0 Å². The first-order valence-electron chi connectivity index (χ1n) is 9.32. The van der Waals surface area contributed by atoms with Crippen LogP contribution in [0.5, 0.6) is 0 Å². The molecule has 0 unspecified atom stereocenters. The van der Waals surface area contributed by atoms with Gasteiger partial charge in [-0.25, -0.2) is 0 Å². The van der Waals surface area contributed by atoms with Crippen LogP contribution in [0.25, 0.3) is 0 Å². The van der Waals surface area contributed by atoms with Gasteiger partial charge in [-0.2, -0.15) is 0 Å². The summed E-state index contributed by atoms with van der Waals surface area (Å²) in [6, 6.07) is 0. The lowest BCUT2D eigenvalue weighted by Crippen LogP contribution is -2.47. The molecule has 1 heteroatoms. The molecule has 0 radical (unpaired) electrons. The number of hydrogen-bond acceptors (Lipinski definition) is 1. The van der Waals surface area contributed by atoms with Gasteiger partial charge in [0.1, 0.15) is 5.78 Å². The number of rotatable bonds is 0. The molecular weight excluding hydrogens is 268 g/mol. The van der Waals surface area contributed by atoms with E-state index in [1.165, 1.54) is 38.5 Å². The van der Waals surface area contributed by atoms with Crippen LogP contribution >= 0.6 is 0 Å². The smallest absolute Gasteiger partial charge is 0.133 e. The predicted octanol–water partition coefficient (Wildman–Crippen LogP) is 5.61. The first-order chi connectivity index (χ1) is 10.4.